The molecule has 2 aliphatic rings. The number of nitrogens with one attached hydrogen (secondary N) is 2. The fourth-order valence-corrected chi connectivity index (χ4v) is 2.78. The lowest BCUT2D eigenvalue weighted by Crippen LogP contribution is -2.26. The monoisotopic (exact) mass is 349 g/mol. The van der Waals surface area contributed by atoms with Crippen LogP contribution in [0, 0.1) is 0 Å². The van der Waals surface area contributed by atoms with Crippen LogP contribution in [0.4, 0.5) is 0 Å². The van der Waals surface area contributed by atoms with Crippen LogP contribution < -0.4 is 10.6 Å². The minimum absolute atomic E-state index is 1.02. The molecular weight excluding hydrogens is 306 g/mol. The number of hydrogen-bond acceptors (Lipinski definition) is 3. The number of unbranched alkanes of at least 4 members (excludes halogenated alkanes) is 3. The van der Waals surface area contributed by atoms with E-state index in [4.69, 9.17) is 0 Å². The number of hydrogen-bond donors (Lipinski definition) is 2. The average Bonchev–Trinajstić information content (AvgIpc) is 3.19. The number of aliphatic imine (C=N–C) groups is 1. The largest absolute Gasteiger partial charge is 0.384 e. The molecule has 0 saturated carbocycles. The van der Waals surface area contributed by atoms with Gasteiger partial charge < -0.3 is 10.6 Å². The van der Waals surface area contributed by atoms with Crippen molar-refractivity contribution in [1.29, 1.82) is 0 Å². The fourth-order valence-electron chi connectivity index (χ4n) is 2.78. The maximum absolute atomic E-state index is 4.45. The van der Waals surface area contributed by atoms with Crippen LogP contribution in [0.2, 0.25) is 0 Å². The number of rotatable bonds is 10. The van der Waals surface area contributed by atoms with Gasteiger partial charge >= 0.3 is 0 Å². The summed E-state index contributed by atoms with van der Waals surface area (Å²) in [5.74, 6) is 0. The van der Waals surface area contributed by atoms with Crippen LogP contribution in [-0.2, 0) is 0 Å². The van der Waals surface area contributed by atoms with Crippen LogP contribution in [0.1, 0.15) is 85.5 Å². The zero-order valence-corrected chi connectivity index (χ0v) is 17.4. The van der Waals surface area contributed by atoms with E-state index < -0.39 is 0 Å². The Morgan fingerprint density at radius 2 is 1.88 bits per heavy atom. The summed E-state index contributed by atoms with van der Waals surface area (Å²) < 4.78 is 0. The molecule has 0 aromatic rings. The summed E-state index contributed by atoms with van der Waals surface area (Å²) in [5, 5.41) is 6.64. The molecule has 0 saturated heterocycles. The maximum Gasteiger partial charge on any atom is 0.0392 e. The van der Waals surface area contributed by atoms with Crippen LogP contribution in [0.15, 0.2) is 28.9 Å². The third-order valence-corrected chi connectivity index (χ3v) is 4.15. The minimum Gasteiger partial charge on any atom is -0.384 e. The van der Waals surface area contributed by atoms with E-state index in [1.807, 2.05) is 13.8 Å². The first-order valence-electron chi connectivity index (χ1n) is 10.7. The van der Waals surface area contributed by atoms with Gasteiger partial charge in [0, 0.05) is 31.0 Å². The third kappa shape index (κ3) is 14.9. The van der Waals surface area contributed by atoms with E-state index in [2.05, 4.69) is 47.7 Å². The maximum atomic E-state index is 4.45. The van der Waals surface area contributed by atoms with Gasteiger partial charge in [-0.05, 0) is 51.1 Å². The summed E-state index contributed by atoms with van der Waals surface area (Å²) in [5.41, 5.74) is 2.76. The average molecular weight is 350 g/mol. The normalized spacial score (nSPS) is 15.4. The second-order valence-corrected chi connectivity index (χ2v) is 6.28. The number of likely N-dealkylation sites (N-methyl/N-ethyl adjacent to an activating group) is 1. The summed E-state index contributed by atoms with van der Waals surface area (Å²) in [7, 11) is 0. The van der Waals surface area contributed by atoms with E-state index in [0.29, 0.717) is 0 Å². The second kappa shape index (κ2) is 19.2. The first-order chi connectivity index (χ1) is 12.4. The molecule has 1 heterocycles. The van der Waals surface area contributed by atoms with Crippen LogP contribution in [0.5, 0.6) is 0 Å². The van der Waals surface area contributed by atoms with Gasteiger partial charge in [0.25, 0.3) is 0 Å². The standard InChI is InChI=1S/C10H18N2.C10H19N.C2H6/c1-2-11-8-9-12-10-6-4-3-5-7-10;1-2-3-4-5-7-10-8-6-9-11-10;1-2/h4,6-7,11-12H,2-3,5,8-9H2,1H3;2-9H2,1H3;1-2H3. The molecule has 1 aliphatic heterocycles. The van der Waals surface area contributed by atoms with Crippen molar-refractivity contribution in [3.63, 3.8) is 0 Å². The predicted molar refractivity (Wildman–Crippen MR) is 115 cm³/mol. The lowest BCUT2D eigenvalue weighted by molar-refractivity contribution is 0.675. The number of allylic oxidation sites excluding steroid dienone is 3. The van der Waals surface area contributed by atoms with Crippen molar-refractivity contribution in [2.24, 2.45) is 4.99 Å². The Morgan fingerprint density at radius 3 is 2.48 bits per heavy atom. The van der Waals surface area contributed by atoms with E-state index in [-0.39, 0.29) is 0 Å². The minimum atomic E-state index is 1.02. The van der Waals surface area contributed by atoms with Gasteiger partial charge in [-0.25, -0.2) is 0 Å². The van der Waals surface area contributed by atoms with Crippen molar-refractivity contribution in [3.05, 3.63) is 23.9 Å². The zero-order valence-electron chi connectivity index (χ0n) is 17.4. The topological polar surface area (TPSA) is 36.4 Å². The van der Waals surface area contributed by atoms with Crippen LogP contribution in [-0.4, -0.2) is 31.9 Å². The molecule has 0 aromatic heterocycles. The quantitative estimate of drug-likeness (QED) is 0.501. The van der Waals surface area contributed by atoms with Crippen LogP contribution in [0.3, 0.4) is 0 Å². The predicted octanol–water partition coefficient (Wildman–Crippen LogP) is 5.64. The number of nitrogens with zero attached hydrogens (tertiary/aromatic N) is 1. The van der Waals surface area contributed by atoms with Gasteiger partial charge in [0.05, 0.1) is 0 Å². The molecule has 3 heteroatoms. The third-order valence-electron chi connectivity index (χ3n) is 4.15. The van der Waals surface area contributed by atoms with Gasteiger partial charge in [-0.2, -0.15) is 0 Å². The molecule has 0 radical (unpaired) electrons. The van der Waals surface area contributed by atoms with E-state index >= 15 is 0 Å². The molecule has 2 rings (SSSR count). The first kappa shape index (κ1) is 23.9. The van der Waals surface area contributed by atoms with Crippen molar-refractivity contribution in [1.82, 2.24) is 10.6 Å². The highest BCUT2D eigenvalue weighted by atomic mass is 14.9. The molecule has 146 valence electrons. The lowest BCUT2D eigenvalue weighted by atomic mass is 10.1. The Labute approximate surface area is 157 Å². The SMILES string of the molecule is CC.CCCCCCC1=NCCC1.CCNCCNC1=CCCC=C1. The summed E-state index contributed by atoms with van der Waals surface area (Å²) in [6.45, 7) is 12.6. The van der Waals surface area contributed by atoms with Gasteiger partial charge in [0.1, 0.15) is 0 Å². The summed E-state index contributed by atoms with van der Waals surface area (Å²) in [4.78, 5) is 4.45. The Bertz CT molecular complexity index is 369. The Balaban J connectivity index is 0.000000421. The van der Waals surface area contributed by atoms with Gasteiger partial charge in [0.2, 0.25) is 0 Å². The molecule has 25 heavy (non-hydrogen) atoms. The molecular formula is C22H43N3. The van der Waals surface area contributed by atoms with Gasteiger partial charge in [0.15, 0.2) is 0 Å². The van der Waals surface area contributed by atoms with Crippen LogP contribution >= 0.6 is 0 Å². The molecule has 0 amide bonds. The zero-order chi connectivity index (χ0) is 18.6. The first-order valence-corrected chi connectivity index (χ1v) is 10.7. The van der Waals surface area contributed by atoms with E-state index in [9.17, 15) is 0 Å². The highest BCUT2D eigenvalue weighted by Gasteiger charge is 2.04. The molecule has 0 bridgehead atoms. The van der Waals surface area contributed by atoms with Crippen molar-refractivity contribution in [3.8, 4) is 0 Å². The van der Waals surface area contributed by atoms with Gasteiger partial charge in [-0.15, -0.1) is 0 Å². The molecule has 0 atom stereocenters. The van der Waals surface area contributed by atoms with E-state index in [1.165, 1.54) is 69.2 Å². The summed E-state index contributed by atoms with van der Waals surface area (Å²) in [6.07, 6.45) is 18.4. The van der Waals surface area contributed by atoms with E-state index in [1.54, 1.807) is 0 Å². The summed E-state index contributed by atoms with van der Waals surface area (Å²) in [6, 6.07) is 0. The highest BCUT2D eigenvalue weighted by molar-refractivity contribution is 5.85. The molecule has 3 nitrogen and oxygen atoms in total. The smallest absolute Gasteiger partial charge is 0.0392 e. The summed E-state index contributed by atoms with van der Waals surface area (Å²) >= 11 is 0. The van der Waals surface area contributed by atoms with Crippen molar-refractivity contribution >= 4 is 5.71 Å². The van der Waals surface area contributed by atoms with Gasteiger partial charge in [-0.3, -0.25) is 4.99 Å². The van der Waals surface area contributed by atoms with Crippen molar-refractivity contribution in [2.45, 2.75) is 85.5 Å². The molecule has 0 unspecified atom stereocenters. The lowest BCUT2D eigenvalue weighted by Gasteiger charge is -2.09. The second-order valence-electron chi connectivity index (χ2n) is 6.28. The molecule has 0 spiro atoms. The van der Waals surface area contributed by atoms with Crippen LogP contribution in [0.25, 0.3) is 0 Å². The van der Waals surface area contributed by atoms with E-state index in [0.717, 1.165) is 26.2 Å². The van der Waals surface area contributed by atoms with Crippen molar-refractivity contribution in [2.75, 3.05) is 26.2 Å². The molecule has 2 N–H and O–H groups in total. The Morgan fingerprint density at radius 1 is 1.04 bits per heavy atom. The molecule has 0 fully saturated rings. The highest BCUT2D eigenvalue weighted by Crippen LogP contribution is 2.11. The van der Waals surface area contributed by atoms with Crippen molar-refractivity contribution < 1.29 is 0 Å². The fraction of sp³-hybridized carbons (Fsp3) is 0.773. The molecule has 0 aromatic carbocycles. The Kier molecular flexibility index (Phi) is 18.4. The molecule has 1 aliphatic carbocycles. The van der Waals surface area contributed by atoms with Gasteiger partial charge in [-0.1, -0.05) is 59.1 Å². The Hall–Kier alpha value is -1.09.